The van der Waals surface area contributed by atoms with E-state index < -0.39 is 0 Å². The van der Waals surface area contributed by atoms with Crippen LogP contribution in [-0.2, 0) is 0 Å². The van der Waals surface area contributed by atoms with Crippen molar-refractivity contribution in [2.24, 2.45) is 0 Å². The molecule has 336 valence electrons. The van der Waals surface area contributed by atoms with Crippen LogP contribution in [0.1, 0.15) is 0 Å². The molecule has 14 rings (SSSR count). The molecule has 13 aromatic carbocycles. The van der Waals surface area contributed by atoms with E-state index in [9.17, 15) is 0 Å². The Morgan fingerprint density at radius 1 is 0.236 bits per heavy atom. The molecule has 72 heavy (non-hydrogen) atoms. The second-order valence-electron chi connectivity index (χ2n) is 18.7. The van der Waals surface area contributed by atoms with Gasteiger partial charge in [0, 0.05) is 37.2 Å². The predicted molar refractivity (Wildman–Crippen MR) is 311 cm³/mol. The highest BCUT2D eigenvalue weighted by atomic mass is 32.1. The number of anilines is 3. The second-order valence-corrected chi connectivity index (χ2v) is 19.8. The van der Waals surface area contributed by atoms with Crippen molar-refractivity contribution in [3.8, 4) is 55.6 Å². The van der Waals surface area contributed by atoms with Gasteiger partial charge in [-0.05, 0) is 147 Å². The van der Waals surface area contributed by atoms with E-state index in [1.54, 1.807) is 0 Å². The normalized spacial score (nSPS) is 11.6. The molecule has 1 nitrogen and oxygen atoms in total. The SMILES string of the molecule is c1ccc(-c2c(-c3ccccc3)c3cc(-c4ccc(N(c5ccc(-c6cccc7c6ccc6ccccc67)cc5)c5ccc(-c6cccc7c6sc6ccccc67)cc5)cc4)ccc3c3ccccc23)cc1. The van der Waals surface area contributed by atoms with Crippen molar-refractivity contribution in [3.05, 3.63) is 273 Å². The summed E-state index contributed by atoms with van der Waals surface area (Å²) in [6.07, 6.45) is 0. The van der Waals surface area contributed by atoms with Crippen molar-refractivity contribution >= 4 is 91.7 Å². The summed E-state index contributed by atoms with van der Waals surface area (Å²) in [5.74, 6) is 0. The zero-order valence-electron chi connectivity index (χ0n) is 39.3. The molecule has 0 saturated carbocycles. The average molecular weight is 932 g/mol. The van der Waals surface area contributed by atoms with Crippen molar-refractivity contribution in [3.63, 3.8) is 0 Å². The highest BCUT2D eigenvalue weighted by Crippen LogP contribution is 2.47. The Bertz CT molecular complexity index is 4340. The third kappa shape index (κ3) is 7.07. The lowest BCUT2D eigenvalue weighted by Crippen LogP contribution is -2.09. The number of benzene rings is 13. The first-order chi connectivity index (χ1) is 35.7. The molecule has 0 atom stereocenters. The number of nitrogens with zero attached hydrogens (tertiary/aromatic N) is 1. The summed E-state index contributed by atoms with van der Waals surface area (Å²) < 4.78 is 2.64. The standard InChI is InChI=1S/C70H45NS/c1-3-16-50(17-4-1)68-64-23-10-9-21-60(64)62-44-36-52(45-66(62)69(68)51-18-5-2-6-19-51)46-29-37-53(38-30-46)71(55-41-33-49(34-42-55)58-25-14-27-65-63-22-11-12-28-67(63)72-70(58)65)54-39-31-48(32-40-54)57-24-13-26-59-56-20-8-7-15-47(56)35-43-61(57)59/h1-45H. The molecular formula is C70H45NS. The van der Waals surface area contributed by atoms with Gasteiger partial charge in [0.15, 0.2) is 0 Å². The topological polar surface area (TPSA) is 3.24 Å². The minimum absolute atomic E-state index is 1.09. The van der Waals surface area contributed by atoms with Crippen LogP contribution in [0.5, 0.6) is 0 Å². The molecule has 14 aromatic rings. The zero-order chi connectivity index (χ0) is 47.5. The van der Waals surface area contributed by atoms with Crippen LogP contribution in [0.25, 0.3) is 119 Å². The van der Waals surface area contributed by atoms with Gasteiger partial charge in [0.05, 0.1) is 0 Å². The second kappa shape index (κ2) is 17.4. The molecule has 0 saturated heterocycles. The number of hydrogen-bond acceptors (Lipinski definition) is 2. The van der Waals surface area contributed by atoms with Crippen LogP contribution in [0.3, 0.4) is 0 Å². The summed E-state index contributed by atoms with van der Waals surface area (Å²) in [6, 6.07) is 100. The fourth-order valence-electron chi connectivity index (χ4n) is 11.3. The highest BCUT2D eigenvalue weighted by molar-refractivity contribution is 7.26. The molecule has 0 spiro atoms. The van der Waals surface area contributed by atoms with Crippen LogP contribution in [0.4, 0.5) is 17.1 Å². The minimum Gasteiger partial charge on any atom is -0.311 e. The van der Waals surface area contributed by atoms with Gasteiger partial charge in [0.25, 0.3) is 0 Å². The number of fused-ring (bicyclic) bond motifs is 9. The molecular weight excluding hydrogens is 887 g/mol. The van der Waals surface area contributed by atoms with E-state index in [0.29, 0.717) is 0 Å². The Hall–Kier alpha value is -9.08. The van der Waals surface area contributed by atoms with Gasteiger partial charge >= 0.3 is 0 Å². The smallest absolute Gasteiger partial charge is 0.0462 e. The van der Waals surface area contributed by atoms with E-state index >= 15 is 0 Å². The molecule has 0 unspecified atom stereocenters. The first kappa shape index (κ1) is 41.9. The Morgan fingerprint density at radius 2 is 0.694 bits per heavy atom. The summed E-state index contributed by atoms with van der Waals surface area (Å²) >= 11 is 1.88. The molecule has 1 heterocycles. The van der Waals surface area contributed by atoms with Crippen LogP contribution in [0.15, 0.2) is 273 Å². The van der Waals surface area contributed by atoms with E-state index in [-0.39, 0.29) is 0 Å². The number of thiophene rings is 1. The molecule has 0 radical (unpaired) electrons. The van der Waals surface area contributed by atoms with Crippen LogP contribution < -0.4 is 4.90 Å². The molecule has 1 aromatic heterocycles. The zero-order valence-corrected chi connectivity index (χ0v) is 40.2. The fraction of sp³-hybridized carbons (Fsp3) is 0. The fourth-order valence-corrected chi connectivity index (χ4v) is 12.5. The Balaban J connectivity index is 0.887. The third-order valence-corrected chi connectivity index (χ3v) is 15.9. The molecule has 0 amide bonds. The third-order valence-electron chi connectivity index (χ3n) is 14.7. The van der Waals surface area contributed by atoms with Crippen molar-refractivity contribution in [2.75, 3.05) is 4.90 Å². The van der Waals surface area contributed by atoms with Crippen molar-refractivity contribution < 1.29 is 0 Å². The van der Waals surface area contributed by atoms with Gasteiger partial charge in [-0.3, -0.25) is 0 Å². The summed E-state index contributed by atoms with van der Waals surface area (Å²) in [4.78, 5) is 2.39. The van der Waals surface area contributed by atoms with Gasteiger partial charge in [-0.15, -0.1) is 11.3 Å². The predicted octanol–water partition coefficient (Wildman–Crippen LogP) is 20.5. The lowest BCUT2D eigenvalue weighted by Gasteiger charge is -2.26. The van der Waals surface area contributed by atoms with E-state index in [4.69, 9.17) is 0 Å². The largest absolute Gasteiger partial charge is 0.311 e. The molecule has 0 aliphatic heterocycles. The minimum atomic E-state index is 1.09. The first-order valence-electron chi connectivity index (χ1n) is 24.7. The quantitative estimate of drug-likeness (QED) is 0.137. The summed E-state index contributed by atoms with van der Waals surface area (Å²) in [5.41, 5.74) is 15.5. The van der Waals surface area contributed by atoms with Crippen molar-refractivity contribution in [1.29, 1.82) is 0 Å². The van der Waals surface area contributed by atoms with E-state index in [1.165, 1.54) is 119 Å². The first-order valence-corrected chi connectivity index (χ1v) is 25.5. The maximum absolute atomic E-state index is 2.41. The molecule has 0 N–H and O–H groups in total. The number of rotatable bonds is 8. The molecule has 2 heteroatoms. The lowest BCUT2D eigenvalue weighted by molar-refractivity contribution is 1.28. The Labute approximate surface area is 422 Å². The van der Waals surface area contributed by atoms with Gasteiger partial charge in [-0.1, -0.05) is 224 Å². The van der Waals surface area contributed by atoms with Crippen molar-refractivity contribution in [2.45, 2.75) is 0 Å². The summed E-state index contributed by atoms with van der Waals surface area (Å²) in [5, 5.41) is 12.7. The monoisotopic (exact) mass is 931 g/mol. The lowest BCUT2D eigenvalue weighted by atomic mass is 9.84. The average Bonchev–Trinajstić information content (AvgIpc) is 3.85. The molecule has 0 aliphatic carbocycles. The van der Waals surface area contributed by atoms with E-state index in [2.05, 4.69) is 278 Å². The van der Waals surface area contributed by atoms with Gasteiger partial charge < -0.3 is 4.90 Å². The van der Waals surface area contributed by atoms with Gasteiger partial charge in [0.1, 0.15) is 0 Å². The Kier molecular flexibility index (Phi) is 10.1. The summed E-state index contributed by atoms with van der Waals surface area (Å²) in [6.45, 7) is 0. The van der Waals surface area contributed by atoms with Crippen molar-refractivity contribution in [1.82, 2.24) is 0 Å². The highest BCUT2D eigenvalue weighted by Gasteiger charge is 2.20. The maximum Gasteiger partial charge on any atom is 0.0462 e. The Morgan fingerprint density at radius 3 is 1.38 bits per heavy atom. The van der Waals surface area contributed by atoms with Crippen LogP contribution >= 0.6 is 11.3 Å². The maximum atomic E-state index is 2.41. The molecule has 0 fully saturated rings. The van der Waals surface area contributed by atoms with E-state index in [0.717, 1.165) is 17.1 Å². The molecule has 0 aliphatic rings. The molecule has 0 bridgehead atoms. The van der Waals surface area contributed by atoms with Gasteiger partial charge in [-0.25, -0.2) is 0 Å². The van der Waals surface area contributed by atoms with Crippen LogP contribution in [0.2, 0.25) is 0 Å². The van der Waals surface area contributed by atoms with Crippen LogP contribution in [0, 0.1) is 0 Å². The van der Waals surface area contributed by atoms with Gasteiger partial charge in [-0.2, -0.15) is 0 Å². The number of hydrogen-bond donors (Lipinski definition) is 0. The van der Waals surface area contributed by atoms with E-state index in [1.807, 2.05) is 11.3 Å². The van der Waals surface area contributed by atoms with Gasteiger partial charge in [0.2, 0.25) is 0 Å². The van der Waals surface area contributed by atoms with Crippen LogP contribution in [-0.4, -0.2) is 0 Å². The summed E-state index contributed by atoms with van der Waals surface area (Å²) in [7, 11) is 0.